The second-order valence-electron chi connectivity index (χ2n) is 5.06. The summed E-state index contributed by atoms with van der Waals surface area (Å²) in [6.07, 6.45) is -2.54. The van der Waals surface area contributed by atoms with E-state index in [9.17, 15) is 15.0 Å². The average Bonchev–Trinajstić information content (AvgIpc) is 2.77. The van der Waals surface area contributed by atoms with E-state index in [1.807, 2.05) is 12.1 Å². The predicted octanol–water partition coefficient (Wildman–Crippen LogP) is -1.12. The van der Waals surface area contributed by atoms with Gasteiger partial charge in [0.2, 0.25) is 5.95 Å². The summed E-state index contributed by atoms with van der Waals surface area (Å²) in [7, 11) is 0. The second kappa shape index (κ2) is 5.84. The van der Waals surface area contributed by atoms with Crippen LogP contribution in [0.15, 0.2) is 35.4 Å². The summed E-state index contributed by atoms with van der Waals surface area (Å²) in [5.74, 6) is -0.161. The third-order valence-corrected chi connectivity index (χ3v) is 3.58. The zero-order chi connectivity index (χ0) is 15.7. The molecule has 0 saturated carbocycles. The van der Waals surface area contributed by atoms with E-state index in [2.05, 4.69) is 16.0 Å². The lowest BCUT2D eigenvalue weighted by atomic mass is 10.0. The normalized spacial score (nSPS) is 27.9. The molecule has 0 aliphatic carbocycles. The maximum Gasteiger partial charge on any atom is 0.354 e. The van der Waals surface area contributed by atoms with E-state index in [4.69, 9.17) is 10.5 Å². The minimum atomic E-state index is -1.26. The molecule has 1 aromatic heterocycles. The highest BCUT2D eigenvalue weighted by atomic mass is 16.6. The van der Waals surface area contributed by atoms with Crippen molar-refractivity contribution in [2.75, 3.05) is 5.73 Å². The number of aliphatic hydroxyl groups is 2. The van der Waals surface area contributed by atoms with Crippen LogP contribution in [0.3, 0.4) is 0 Å². The van der Waals surface area contributed by atoms with Gasteiger partial charge in [-0.1, -0.05) is 24.3 Å². The first-order chi connectivity index (χ1) is 10.6. The van der Waals surface area contributed by atoms with Crippen molar-refractivity contribution in [1.82, 2.24) is 14.5 Å². The van der Waals surface area contributed by atoms with Crippen LogP contribution in [-0.2, 0) is 11.2 Å². The first-order valence-corrected chi connectivity index (χ1v) is 6.73. The van der Waals surface area contributed by atoms with Crippen LogP contribution >= 0.6 is 0 Å². The average molecular weight is 303 g/mol. The molecule has 1 radical (unpaired) electrons. The Bertz CT molecular complexity index is 705. The maximum atomic E-state index is 11.8. The van der Waals surface area contributed by atoms with Crippen molar-refractivity contribution in [3.8, 4) is 0 Å². The number of benzene rings is 1. The molecule has 4 atom stereocenters. The second-order valence-corrected chi connectivity index (χ2v) is 5.06. The maximum absolute atomic E-state index is 11.8. The zero-order valence-corrected chi connectivity index (χ0v) is 11.5. The van der Waals surface area contributed by atoms with E-state index in [-0.39, 0.29) is 5.95 Å². The molecule has 8 nitrogen and oxygen atoms in total. The lowest BCUT2D eigenvalue weighted by Gasteiger charge is -2.16. The number of aromatic nitrogens is 3. The van der Waals surface area contributed by atoms with Crippen molar-refractivity contribution < 1.29 is 14.9 Å². The molecule has 1 aliphatic heterocycles. The van der Waals surface area contributed by atoms with Crippen LogP contribution < -0.4 is 11.4 Å². The summed E-state index contributed by atoms with van der Waals surface area (Å²) in [6.45, 7) is 0. The lowest BCUT2D eigenvalue weighted by molar-refractivity contribution is -0.0399. The van der Waals surface area contributed by atoms with Gasteiger partial charge in [0.1, 0.15) is 18.5 Å². The summed E-state index contributed by atoms with van der Waals surface area (Å²) in [5.41, 5.74) is 5.56. The molecule has 22 heavy (non-hydrogen) atoms. The van der Waals surface area contributed by atoms with E-state index in [1.54, 1.807) is 12.1 Å². The lowest BCUT2D eigenvalue weighted by Crippen LogP contribution is -2.36. The minimum absolute atomic E-state index is 0.161. The molecular formula is C14H15N4O4. The molecule has 1 saturated heterocycles. The van der Waals surface area contributed by atoms with E-state index in [1.165, 1.54) is 0 Å². The van der Waals surface area contributed by atoms with Crippen LogP contribution in [-0.4, -0.2) is 43.1 Å². The standard InChI is InChI=1S/C14H15N4O4/c15-13-16-7-18(14(21)17-13)12-11(20)10(19)9(22-12)6-8-4-2-1-3-5-8/h2-5,7,9-12,19-20H,6H2,(H2,15,17,21)/t9-,10+,11-,12?/m1/s1. The summed E-state index contributed by atoms with van der Waals surface area (Å²) < 4.78 is 6.65. The molecule has 1 fully saturated rings. The smallest absolute Gasteiger partial charge is 0.354 e. The van der Waals surface area contributed by atoms with Crippen LogP contribution in [0.1, 0.15) is 11.8 Å². The van der Waals surface area contributed by atoms with Crippen LogP contribution in [0, 0.1) is 6.07 Å². The fourth-order valence-corrected chi connectivity index (χ4v) is 2.45. The molecule has 2 heterocycles. The highest BCUT2D eigenvalue weighted by Crippen LogP contribution is 2.30. The zero-order valence-electron chi connectivity index (χ0n) is 11.5. The number of ether oxygens (including phenoxy) is 1. The van der Waals surface area contributed by atoms with Gasteiger partial charge < -0.3 is 20.7 Å². The van der Waals surface area contributed by atoms with Gasteiger partial charge in [-0.25, -0.2) is 9.78 Å². The van der Waals surface area contributed by atoms with Gasteiger partial charge in [-0.2, -0.15) is 4.98 Å². The molecule has 1 aliphatic rings. The van der Waals surface area contributed by atoms with Crippen molar-refractivity contribution in [1.29, 1.82) is 0 Å². The van der Waals surface area contributed by atoms with Crippen molar-refractivity contribution in [2.24, 2.45) is 0 Å². The topological polar surface area (TPSA) is 123 Å². The Morgan fingerprint density at radius 2 is 2.05 bits per heavy atom. The fourth-order valence-electron chi connectivity index (χ4n) is 2.45. The number of rotatable bonds is 3. The van der Waals surface area contributed by atoms with E-state index >= 15 is 0 Å². The third-order valence-electron chi connectivity index (χ3n) is 3.58. The van der Waals surface area contributed by atoms with Gasteiger partial charge in [-0.15, -0.1) is 0 Å². The first-order valence-electron chi connectivity index (χ1n) is 6.73. The Hall–Kier alpha value is -2.29. The number of nitrogens with two attached hydrogens (primary N) is 1. The van der Waals surface area contributed by atoms with Gasteiger partial charge in [0.05, 0.1) is 6.10 Å². The summed E-state index contributed by atoms with van der Waals surface area (Å²) in [4.78, 5) is 19.0. The van der Waals surface area contributed by atoms with Gasteiger partial charge in [0, 0.05) is 6.42 Å². The highest BCUT2D eigenvalue weighted by molar-refractivity contribution is 5.16. The number of nitrogen functional groups attached to an aromatic ring is 1. The fraction of sp³-hybridized carbons (Fsp3) is 0.357. The van der Waals surface area contributed by atoms with Crippen LogP contribution in [0.2, 0.25) is 0 Å². The molecule has 0 amide bonds. The quantitative estimate of drug-likeness (QED) is 0.656. The van der Waals surface area contributed by atoms with E-state index < -0.39 is 30.2 Å². The molecule has 1 aromatic carbocycles. The van der Waals surface area contributed by atoms with Crippen LogP contribution in [0.5, 0.6) is 0 Å². The molecule has 0 bridgehead atoms. The summed E-state index contributed by atoms with van der Waals surface area (Å²) in [6, 6.07) is 10.1. The predicted molar refractivity (Wildman–Crippen MR) is 75.6 cm³/mol. The Morgan fingerprint density at radius 1 is 1.32 bits per heavy atom. The molecule has 8 heteroatoms. The van der Waals surface area contributed by atoms with Crippen LogP contribution in [0.4, 0.5) is 5.95 Å². The molecule has 1 unspecified atom stereocenters. The van der Waals surface area contributed by atoms with Gasteiger partial charge in [-0.05, 0) is 11.6 Å². The monoisotopic (exact) mass is 303 g/mol. The molecular weight excluding hydrogens is 288 g/mol. The van der Waals surface area contributed by atoms with Gasteiger partial charge in [-0.3, -0.25) is 4.57 Å². The van der Waals surface area contributed by atoms with Crippen molar-refractivity contribution in [3.05, 3.63) is 52.7 Å². The Kier molecular flexibility index (Phi) is 3.88. The van der Waals surface area contributed by atoms with Gasteiger partial charge in [0.15, 0.2) is 6.23 Å². The molecule has 2 aromatic rings. The number of hydrogen-bond donors (Lipinski definition) is 3. The largest absolute Gasteiger partial charge is 0.388 e. The minimum Gasteiger partial charge on any atom is -0.388 e. The highest BCUT2D eigenvalue weighted by Gasteiger charge is 2.44. The molecule has 0 spiro atoms. The van der Waals surface area contributed by atoms with E-state index in [0.29, 0.717) is 6.42 Å². The number of anilines is 1. The SMILES string of the molecule is Nc1ncn(C2O[C@H](Cc3cc[c]cc3)[C@H](O)[C@H]2O)c(=O)n1. The van der Waals surface area contributed by atoms with Crippen molar-refractivity contribution in [3.63, 3.8) is 0 Å². The summed E-state index contributed by atoms with van der Waals surface area (Å²) in [5, 5.41) is 20.3. The van der Waals surface area contributed by atoms with Gasteiger partial charge in [0.25, 0.3) is 0 Å². The Morgan fingerprint density at radius 3 is 2.73 bits per heavy atom. The van der Waals surface area contributed by atoms with Gasteiger partial charge >= 0.3 is 5.69 Å². The molecule has 4 N–H and O–H groups in total. The number of hydrogen-bond acceptors (Lipinski definition) is 7. The molecule has 3 rings (SSSR count). The molecule has 115 valence electrons. The summed E-state index contributed by atoms with van der Waals surface area (Å²) >= 11 is 0. The first kappa shape index (κ1) is 14.6. The van der Waals surface area contributed by atoms with Crippen molar-refractivity contribution in [2.45, 2.75) is 31.0 Å². The Labute approximate surface area is 125 Å². The van der Waals surface area contributed by atoms with E-state index in [0.717, 1.165) is 16.5 Å². The Balaban J connectivity index is 1.82. The number of aliphatic hydroxyl groups excluding tert-OH is 2. The van der Waals surface area contributed by atoms with Crippen LogP contribution in [0.25, 0.3) is 0 Å². The third kappa shape index (κ3) is 2.71. The number of nitrogens with zero attached hydrogens (tertiary/aromatic N) is 3. The van der Waals surface area contributed by atoms with Crippen molar-refractivity contribution >= 4 is 5.95 Å².